The molecule has 23 heavy (non-hydrogen) atoms. The van der Waals surface area contributed by atoms with Gasteiger partial charge in [0.05, 0.1) is 27.8 Å². The highest BCUT2D eigenvalue weighted by atomic mass is 127. The highest BCUT2D eigenvalue weighted by Gasteiger charge is 2.16. The number of benzene rings is 3. The van der Waals surface area contributed by atoms with E-state index < -0.39 is 0 Å². The Morgan fingerprint density at radius 2 is 1.48 bits per heavy atom. The van der Waals surface area contributed by atoms with Crippen molar-refractivity contribution in [3.05, 3.63) is 76.4 Å². The second kappa shape index (κ2) is 4.83. The van der Waals surface area contributed by atoms with E-state index in [1.165, 1.54) is 14.6 Å². The van der Waals surface area contributed by atoms with E-state index in [4.69, 9.17) is 4.98 Å². The fourth-order valence-electron chi connectivity index (χ4n) is 3.22. The molecule has 0 N–H and O–H groups in total. The van der Waals surface area contributed by atoms with E-state index in [2.05, 4.69) is 98.3 Å². The van der Waals surface area contributed by atoms with Crippen LogP contribution in [0.4, 0.5) is 0 Å². The standard InChI is InChI=1S/C19H12IN3/c20-13-6-5-7-14(12-13)22-17-10-3-4-11-18(17)23-16-9-2-1-8-15(16)21-19(22)23/h1-12H. The first-order chi connectivity index (χ1) is 11.3. The Morgan fingerprint density at radius 1 is 0.739 bits per heavy atom. The van der Waals surface area contributed by atoms with Gasteiger partial charge in [-0.3, -0.25) is 8.97 Å². The molecule has 3 nitrogen and oxygen atoms in total. The molecule has 0 aliphatic heterocycles. The summed E-state index contributed by atoms with van der Waals surface area (Å²) in [7, 11) is 0. The monoisotopic (exact) mass is 409 g/mol. The third-order valence-electron chi connectivity index (χ3n) is 4.17. The van der Waals surface area contributed by atoms with E-state index in [0.717, 1.165) is 22.5 Å². The number of nitrogens with zero attached hydrogens (tertiary/aromatic N) is 3. The highest BCUT2D eigenvalue weighted by molar-refractivity contribution is 14.1. The lowest BCUT2D eigenvalue weighted by atomic mass is 10.2. The molecule has 0 unspecified atom stereocenters. The summed E-state index contributed by atoms with van der Waals surface area (Å²) in [4.78, 5) is 4.88. The zero-order chi connectivity index (χ0) is 15.4. The quantitative estimate of drug-likeness (QED) is 0.356. The molecule has 0 radical (unpaired) electrons. The van der Waals surface area contributed by atoms with Crippen LogP contribution in [0.1, 0.15) is 0 Å². The van der Waals surface area contributed by atoms with Crippen molar-refractivity contribution < 1.29 is 0 Å². The third kappa shape index (κ3) is 1.84. The van der Waals surface area contributed by atoms with Crippen molar-refractivity contribution in [3.8, 4) is 5.69 Å². The fraction of sp³-hybridized carbons (Fsp3) is 0. The molecule has 0 aliphatic carbocycles. The van der Waals surface area contributed by atoms with Crippen molar-refractivity contribution in [3.63, 3.8) is 0 Å². The SMILES string of the molecule is Ic1cccc(-n2c3ccccc3n3c4ccccc4nc23)c1. The molecule has 0 saturated heterocycles. The molecule has 5 aromatic rings. The lowest BCUT2D eigenvalue weighted by Gasteiger charge is -2.05. The van der Waals surface area contributed by atoms with Gasteiger partial charge in [0.2, 0.25) is 5.78 Å². The summed E-state index contributed by atoms with van der Waals surface area (Å²) in [5, 5.41) is 0. The van der Waals surface area contributed by atoms with Crippen LogP contribution in [0.2, 0.25) is 0 Å². The van der Waals surface area contributed by atoms with Gasteiger partial charge < -0.3 is 0 Å². The molecule has 3 aromatic carbocycles. The number of hydrogen-bond donors (Lipinski definition) is 0. The predicted molar refractivity (Wildman–Crippen MR) is 102 cm³/mol. The minimum atomic E-state index is 0.953. The first-order valence-corrected chi connectivity index (χ1v) is 8.53. The zero-order valence-electron chi connectivity index (χ0n) is 12.1. The lowest BCUT2D eigenvalue weighted by Crippen LogP contribution is -1.95. The van der Waals surface area contributed by atoms with Crippen LogP contribution in [0.15, 0.2) is 72.8 Å². The first kappa shape index (κ1) is 13.1. The van der Waals surface area contributed by atoms with Gasteiger partial charge in [-0.15, -0.1) is 0 Å². The maximum Gasteiger partial charge on any atom is 0.220 e. The number of para-hydroxylation sites is 4. The molecule has 2 aromatic heterocycles. The Morgan fingerprint density at radius 3 is 2.30 bits per heavy atom. The molecule has 2 heterocycles. The first-order valence-electron chi connectivity index (χ1n) is 7.45. The van der Waals surface area contributed by atoms with Crippen LogP contribution in [0, 0.1) is 3.57 Å². The molecule has 0 saturated carbocycles. The number of halogens is 1. The zero-order valence-corrected chi connectivity index (χ0v) is 14.3. The van der Waals surface area contributed by atoms with Gasteiger partial charge in [-0.1, -0.05) is 30.3 Å². The van der Waals surface area contributed by atoms with Gasteiger partial charge in [-0.2, -0.15) is 0 Å². The topological polar surface area (TPSA) is 22.2 Å². The Bertz CT molecular complexity index is 1180. The van der Waals surface area contributed by atoms with Crippen molar-refractivity contribution in [2.45, 2.75) is 0 Å². The van der Waals surface area contributed by atoms with Crippen molar-refractivity contribution >= 4 is 50.4 Å². The van der Waals surface area contributed by atoms with Crippen LogP contribution in [-0.2, 0) is 0 Å². The summed E-state index contributed by atoms with van der Waals surface area (Å²) in [5.41, 5.74) is 5.65. The summed E-state index contributed by atoms with van der Waals surface area (Å²) in [6.07, 6.45) is 0. The van der Waals surface area contributed by atoms with Crippen LogP contribution in [0.5, 0.6) is 0 Å². The molecule has 0 spiro atoms. The van der Waals surface area contributed by atoms with Gasteiger partial charge in [0, 0.05) is 3.57 Å². The van der Waals surface area contributed by atoms with Crippen molar-refractivity contribution in [2.75, 3.05) is 0 Å². The Balaban J connectivity index is 2.04. The summed E-state index contributed by atoms with van der Waals surface area (Å²) in [5.74, 6) is 0.953. The van der Waals surface area contributed by atoms with Crippen molar-refractivity contribution in [1.29, 1.82) is 0 Å². The average molecular weight is 409 g/mol. The van der Waals surface area contributed by atoms with E-state index >= 15 is 0 Å². The smallest absolute Gasteiger partial charge is 0.220 e. The summed E-state index contributed by atoms with van der Waals surface area (Å²) < 4.78 is 5.69. The van der Waals surface area contributed by atoms with Gasteiger partial charge in [0.25, 0.3) is 0 Å². The van der Waals surface area contributed by atoms with E-state index in [1.54, 1.807) is 0 Å². The van der Waals surface area contributed by atoms with Crippen LogP contribution in [-0.4, -0.2) is 14.0 Å². The summed E-state index contributed by atoms with van der Waals surface area (Å²) in [6, 6.07) is 25.3. The Hall–Kier alpha value is -2.34. The fourth-order valence-corrected chi connectivity index (χ4v) is 3.75. The highest BCUT2D eigenvalue weighted by Crippen LogP contribution is 2.29. The van der Waals surface area contributed by atoms with E-state index in [9.17, 15) is 0 Å². The number of rotatable bonds is 1. The van der Waals surface area contributed by atoms with Crippen molar-refractivity contribution in [1.82, 2.24) is 14.0 Å². The number of hydrogen-bond acceptors (Lipinski definition) is 1. The Labute approximate surface area is 146 Å². The number of imidazole rings is 2. The summed E-state index contributed by atoms with van der Waals surface area (Å²) >= 11 is 2.35. The molecule has 0 amide bonds. The second-order valence-corrected chi connectivity index (χ2v) is 6.79. The molecular weight excluding hydrogens is 397 g/mol. The van der Waals surface area contributed by atoms with Crippen LogP contribution >= 0.6 is 22.6 Å². The molecule has 4 heteroatoms. The van der Waals surface area contributed by atoms with Crippen molar-refractivity contribution in [2.24, 2.45) is 0 Å². The van der Waals surface area contributed by atoms with Crippen LogP contribution in [0.3, 0.4) is 0 Å². The molecule has 110 valence electrons. The maximum atomic E-state index is 4.88. The largest absolute Gasteiger partial charge is 0.278 e. The van der Waals surface area contributed by atoms with Crippen LogP contribution < -0.4 is 0 Å². The molecular formula is C19H12IN3. The van der Waals surface area contributed by atoms with E-state index in [0.29, 0.717) is 0 Å². The van der Waals surface area contributed by atoms with Gasteiger partial charge in [-0.05, 0) is 65.1 Å². The molecule has 5 rings (SSSR count). The van der Waals surface area contributed by atoms with Gasteiger partial charge >= 0.3 is 0 Å². The van der Waals surface area contributed by atoms with Gasteiger partial charge in [-0.25, -0.2) is 4.98 Å². The average Bonchev–Trinajstić information content (AvgIpc) is 3.09. The lowest BCUT2D eigenvalue weighted by molar-refractivity contribution is 1.11. The number of fused-ring (bicyclic) bond motifs is 5. The third-order valence-corrected chi connectivity index (χ3v) is 4.84. The molecule has 0 aliphatic rings. The normalized spacial score (nSPS) is 11.7. The van der Waals surface area contributed by atoms with Gasteiger partial charge in [0.15, 0.2) is 0 Å². The molecule has 0 fully saturated rings. The molecule has 0 bridgehead atoms. The minimum Gasteiger partial charge on any atom is -0.278 e. The second-order valence-electron chi connectivity index (χ2n) is 5.54. The van der Waals surface area contributed by atoms with Gasteiger partial charge in [0.1, 0.15) is 0 Å². The predicted octanol–water partition coefficient (Wildman–Crippen LogP) is 5.04. The Kier molecular flexibility index (Phi) is 2.76. The van der Waals surface area contributed by atoms with E-state index in [-0.39, 0.29) is 0 Å². The van der Waals surface area contributed by atoms with Crippen LogP contribution in [0.25, 0.3) is 33.5 Å². The maximum absolute atomic E-state index is 4.88. The van der Waals surface area contributed by atoms with E-state index in [1.807, 2.05) is 6.07 Å². The summed E-state index contributed by atoms with van der Waals surface area (Å²) in [6.45, 7) is 0. The molecule has 0 atom stereocenters. The minimum absolute atomic E-state index is 0.953. The number of aromatic nitrogens is 3.